The van der Waals surface area contributed by atoms with Gasteiger partial charge in [0.2, 0.25) is 5.91 Å². The summed E-state index contributed by atoms with van der Waals surface area (Å²) in [5, 5.41) is 15.7. The fourth-order valence-corrected chi connectivity index (χ4v) is 2.23. The number of amides is 1. The maximum atomic E-state index is 12.6. The van der Waals surface area contributed by atoms with E-state index >= 15 is 0 Å². The normalized spacial score (nSPS) is 13.3. The molecule has 0 saturated carbocycles. The lowest BCUT2D eigenvalue weighted by Gasteiger charge is -2.20. The van der Waals surface area contributed by atoms with Crippen molar-refractivity contribution in [3.05, 3.63) is 54.4 Å². The van der Waals surface area contributed by atoms with Crippen molar-refractivity contribution in [2.24, 2.45) is 0 Å². The Bertz CT molecular complexity index is 611. The molecule has 0 aliphatic carbocycles. The van der Waals surface area contributed by atoms with E-state index in [2.05, 4.69) is 10.4 Å². The Morgan fingerprint density at radius 3 is 2.59 bits per heavy atom. The minimum atomic E-state index is -0.868. The molecule has 1 aromatic heterocycles. The number of carbonyl (C=O) groups is 2. The van der Waals surface area contributed by atoms with Crippen LogP contribution in [0.4, 0.5) is 0 Å². The van der Waals surface area contributed by atoms with E-state index < -0.39 is 12.0 Å². The van der Waals surface area contributed by atoms with Gasteiger partial charge in [0.15, 0.2) is 6.04 Å². The van der Waals surface area contributed by atoms with Gasteiger partial charge in [0, 0.05) is 24.9 Å². The van der Waals surface area contributed by atoms with Gasteiger partial charge in [0.1, 0.15) is 0 Å². The van der Waals surface area contributed by atoms with Crippen LogP contribution in [-0.4, -0.2) is 32.8 Å². The Hall–Kier alpha value is -2.63. The molecule has 1 aromatic carbocycles. The summed E-state index contributed by atoms with van der Waals surface area (Å²) in [5.41, 5.74) is 0.828. The molecule has 6 nitrogen and oxygen atoms in total. The van der Waals surface area contributed by atoms with Gasteiger partial charge >= 0.3 is 5.97 Å². The standard InChI is InChI=1S/C16H19N3O3/c1-12(8-9-14(20)21)18-16(22)15(19-11-5-10-17-19)13-6-3-2-4-7-13/h2-7,10-12,15H,8-9H2,1H3,(H,18,22)(H,20,21). The van der Waals surface area contributed by atoms with Gasteiger partial charge in [0.25, 0.3) is 0 Å². The van der Waals surface area contributed by atoms with Gasteiger partial charge in [-0.1, -0.05) is 30.3 Å². The van der Waals surface area contributed by atoms with E-state index in [9.17, 15) is 9.59 Å². The summed E-state index contributed by atoms with van der Waals surface area (Å²) >= 11 is 0. The molecule has 2 N–H and O–H groups in total. The molecule has 0 fully saturated rings. The molecule has 22 heavy (non-hydrogen) atoms. The van der Waals surface area contributed by atoms with E-state index in [1.54, 1.807) is 30.1 Å². The van der Waals surface area contributed by atoms with E-state index in [1.165, 1.54) is 0 Å². The van der Waals surface area contributed by atoms with E-state index in [0.717, 1.165) is 5.56 Å². The van der Waals surface area contributed by atoms with Gasteiger partial charge < -0.3 is 10.4 Å². The SMILES string of the molecule is CC(CCC(=O)O)NC(=O)C(c1ccccc1)n1cccn1. The quantitative estimate of drug-likeness (QED) is 0.817. The number of carbonyl (C=O) groups excluding carboxylic acids is 1. The zero-order chi connectivity index (χ0) is 15.9. The number of hydrogen-bond donors (Lipinski definition) is 2. The largest absolute Gasteiger partial charge is 0.481 e. The number of carboxylic acids is 1. The number of aliphatic carboxylic acids is 1. The van der Waals surface area contributed by atoms with Gasteiger partial charge in [-0.3, -0.25) is 14.3 Å². The minimum Gasteiger partial charge on any atom is -0.481 e. The number of hydrogen-bond acceptors (Lipinski definition) is 3. The number of aromatic nitrogens is 2. The number of rotatable bonds is 7. The zero-order valence-corrected chi connectivity index (χ0v) is 12.3. The highest BCUT2D eigenvalue weighted by Gasteiger charge is 2.24. The molecule has 0 radical (unpaired) electrons. The van der Waals surface area contributed by atoms with E-state index in [0.29, 0.717) is 6.42 Å². The Balaban J connectivity index is 2.12. The highest BCUT2D eigenvalue weighted by atomic mass is 16.4. The average Bonchev–Trinajstić information content (AvgIpc) is 3.00. The third-order valence-electron chi connectivity index (χ3n) is 3.33. The van der Waals surface area contributed by atoms with Crippen LogP contribution in [0.1, 0.15) is 31.4 Å². The summed E-state index contributed by atoms with van der Waals surface area (Å²) in [5.74, 6) is -1.07. The third kappa shape index (κ3) is 4.18. The van der Waals surface area contributed by atoms with Crippen LogP contribution in [0.3, 0.4) is 0 Å². The molecule has 6 heteroatoms. The summed E-state index contributed by atoms with van der Waals surface area (Å²) in [6.07, 6.45) is 3.77. The van der Waals surface area contributed by atoms with Gasteiger partial charge in [-0.2, -0.15) is 5.10 Å². The molecule has 1 heterocycles. The van der Waals surface area contributed by atoms with Crippen LogP contribution < -0.4 is 5.32 Å². The van der Waals surface area contributed by atoms with Crippen LogP contribution in [0.15, 0.2) is 48.8 Å². The summed E-state index contributed by atoms with van der Waals surface area (Å²) in [6, 6.07) is 10.3. The van der Waals surface area contributed by atoms with Crippen molar-refractivity contribution in [3.8, 4) is 0 Å². The highest BCUT2D eigenvalue weighted by Crippen LogP contribution is 2.18. The van der Waals surface area contributed by atoms with Crippen molar-refractivity contribution < 1.29 is 14.7 Å². The van der Waals surface area contributed by atoms with Crippen LogP contribution >= 0.6 is 0 Å². The van der Waals surface area contributed by atoms with Crippen molar-refractivity contribution in [3.63, 3.8) is 0 Å². The first-order valence-electron chi connectivity index (χ1n) is 7.14. The maximum absolute atomic E-state index is 12.6. The lowest BCUT2D eigenvalue weighted by atomic mass is 10.1. The molecular formula is C16H19N3O3. The minimum absolute atomic E-state index is 0.0270. The predicted molar refractivity (Wildman–Crippen MR) is 81.3 cm³/mol. The Kier molecular flexibility index (Phi) is 5.30. The molecule has 0 spiro atoms. The van der Waals surface area contributed by atoms with Crippen molar-refractivity contribution in [2.75, 3.05) is 0 Å². The molecule has 1 amide bonds. The first-order chi connectivity index (χ1) is 10.6. The molecule has 0 aliphatic heterocycles. The molecule has 0 saturated heterocycles. The lowest BCUT2D eigenvalue weighted by molar-refractivity contribution is -0.137. The second-order valence-corrected chi connectivity index (χ2v) is 5.14. The Morgan fingerprint density at radius 2 is 2.00 bits per heavy atom. The molecular weight excluding hydrogens is 282 g/mol. The van der Waals surface area contributed by atoms with Gasteiger partial charge in [-0.15, -0.1) is 0 Å². The lowest BCUT2D eigenvalue weighted by Crippen LogP contribution is -2.39. The van der Waals surface area contributed by atoms with Crippen molar-refractivity contribution in [1.29, 1.82) is 0 Å². The fourth-order valence-electron chi connectivity index (χ4n) is 2.23. The zero-order valence-electron chi connectivity index (χ0n) is 12.3. The van der Waals surface area contributed by atoms with Crippen LogP contribution in [0.2, 0.25) is 0 Å². The first kappa shape index (κ1) is 15.8. The predicted octanol–water partition coefficient (Wildman–Crippen LogP) is 1.84. The topological polar surface area (TPSA) is 84.2 Å². The van der Waals surface area contributed by atoms with Crippen LogP contribution in [0.5, 0.6) is 0 Å². The summed E-state index contributed by atoms with van der Waals surface area (Å²) in [6.45, 7) is 1.80. The second-order valence-electron chi connectivity index (χ2n) is 5.14. The molecule has 116 valence electrons. The van der Waals surface area contributed by atoms with Crippen molar-refractivity contribution in [2.45, 2.75) is 31.8 Å². The number of nitrogens with zero attached hydrogens (tertiary/aromatic N) is 2. The van der Waals surface area contributed by atoms with E-state index in [-0.39, 0.29) is 18.4 Å². The molecule has 2 unspecified atom stereocenters. The van der Waals surface area contributed by atoms with Crippen LogP contribution in [-0.2, 0) is 9.59 Å². The fraction of sp³-hybridized carbons (Fsp3) is 0.312. The number of nitrogens with one attached hydrogen (secondary N) is 1. The summed E-state index contributed by atoms with van der Waals surface area (Å²) < 4.78 is 1.59. The third-order valence-corrected chi connectivity index (χ3v) is 3.33. The van der Waals surface area contributed by atoms with Crippen LogP contribution in [0.25, 0.3) is 0 Å². The summed E-state index contributed by atoms with van der Waals surface area (Å²) in [7, 11) is 0. The molecule has 2 aromatic rings. The number of carboxylic acid groups (broad SMARTS) is 1. The van der Waals surface area contributed by atoms with Crippen molar-refractivity contribution >= 4 is 11.9 Å². The molecule has 0 aliphatic rings. The second kappa shape index (κ2) is 7.40. The van der Waals surface area contributed by atoms with Gasteiger partial charge in [-0.05, 0) is 25.0 Å². The van der Waals surface area contributed by atoms with E-state index in [1.807, 2.05) is 30.3 Å². The van der Waals surface area contributed by atoms with Crippen LogP contribution in [0, 0.1) is 0 Å². The molecule has 0 bridgehead atoms. The Morgan fingerprint density at radius 1 is 1.27 bits per heavy atom. The molecule has 2 atom stereocenters. The first-order valence-corrected chi connectivity index (χ1v) is 7.14. The maximum Gasteiger partial charge on any atom is 0.303 e. The highest BCUT2D eigenvalue weighted by molar-refractivity contribution is 5.83. The Labute approximate surface area is 128 Å². The van der Waals surface area contributed by atoms with Crippen molar-refractivity contribution in [1.82, 2.24) is 15.1 Å². The summed E-state index contributed by atoms with van der Waals surface area (Å²) in [4.78, 5) is 23.2. The van der Waals surface area contributed by atoms with Gasteiger partial charge in [0.05, 0.1) is 0 Å². The molecule has 2 rings (SSSR count). The average molecular weight is 301 g/mol. The smallest absolute Gasteiger partial charge is 0.303 e. The monoisotopic (exact) mass is 301 g/mol. The van der Waals surface area contributed by atoms with Gasteiger partial charge in [-0.25, -0.2) is 0 Å². The number of benzene rings is 1. The van der Waals surface area contributed by atoms with E-state index in [4.69, 9.17) is 5.11 Å².